The largest absolute Gasteiger partial charge is 0.495 e. The van der Waals surface area contributed by atoms with Gasteiger partial charge in [0.25, 0.3) is 0 Å². The highest BCUT2D eigenvalue weighted by Gasteiger charge is 2.16. The summed E-state index contributed by atoms with van der Waals surface area (Å²) in [6.07, 6.45) is 4.43. The Bertz CT molecular complexity index is 1970. The predicted octanol–water partition coefficient (Wildman–Crippen LogP) is 5.03. The van der Waals surface area contributed by atoms with Crippen molar-refractivity contribution in [3.05, 3.63) is 84.4 Å². The van der Waals surface area contributed by atoms with Gasteiger partial charge in [0.2, 0.25) is 10.0 Å². The van der Waals surface area contributed by atoms with Gasteiger partial charge in [0.15, 0.2) is 0 Å². The van der Waals surface area contributed by atoms with Crippen LogP contribution >= 0.6 is 0 Å². The SMILES string of the molecule is COc1cncc(-c2ccc3[nH]nc(-c4cc5c(-c6cc(F)cc(CNS(C)(=O)=O)c6)cccc5[nH]4)c3n2)c1. The molecular formula is C28H23FN6O3S. The standard InChI is InChI=1S/C28H23FN6O3S/c1-38-20-11-18(14-30-15-20)23-6-7-25-27(33-23)28(35-34-25)26-12-22-21(4-3-5-24(22)32-26)17-8-16(9-19(29)10-17)13-31-39(2,36)37/h3-12,14-15,31-32H,13H2,1-2H3,(H,34,35). The fraction of sp³-hybridized carbons (Fsp3) is 0.107. The second-order valence-corrected chi connectivity index (χ2v) is 11.0. The number of hydrogen-bond acceptors (Lipinski definition) is 6. The van der Waals surface area contributed by atoms with Crippen LogP contribution in [0.2, 0.25) is 0 Å². The van der Waals surface area contributed by atoms with Crippen LogP contribution in [0.1, 0.15) is 5.56 Å². The summed E-state index contributed by atoms with van der Waals surface area (Å²) in [4.78, 5) is 12.5. The maximum atomic E-state index is 14.5. The Morgan fingerprint density at radius 3 is 2.69 bits per heavy atom. The van der Waals surface area contributed by atoms with Crippen LogP contribution in [0.4, 0.5) is 4.39 Å². The number of nitrogens with one attached hydrogen (secondary N) is 3. The molecule has 3 N–H and O–H groups in total. The van der Waals surface area contributed by atoms with Crippen molar-refractivity contribution in [1.82, 2.24) is 29.9 Å². The summed E-state index contributed by atoms with van der Waals surface area (Å²) in [5, 5.41) is 8.43. The van der Waals surface area contributed by atoms with Crippen LogP contribution in [-0.2, 0) is 16.6 Å². The third kappa shape index (κ3) is 4.97. The van der Waals surface area contributed by atoms with Crippen molar-refractivity contribution in [2.75, 3.05) is 13.4 Å². The highest BCUT2D eigenvalue weighted by molar-refractivity contribution is 7.88. The van der Waals surface area contributed by atoms with E-state index in [-0.39, 0.29) is 6.54 Å². The fourth-order valence-corrected chi connectivity index (χ4v) is 5.00. The van der Waals surface area contributed by atoms with Crippen LogP contribution in [0.15, 0.2) is 73.1 Å². The first kappa shape index (κ1) is 24.7. The molecule has 6 aromatic rings. The van der Waals surface area contributed by atoms with E-state index in [0.29, 0.717) is 28.1 Å². The molecule has 0 saturated carbocycles. The number of halogens is 1. The van der Waals surface area contributed by atoms with Gasteiger partial charge in [-0.05, 0) is 65.2 Å². The number of pyridine rings is 2. The molecule has 0 fully saturated rings. The number of H-pyrrole nitrogens is 2. The van der Waals surface area contributed by atoms with Crippen LogP contribution < -0.4 is 9.46 Å². The summed E-state index contributed by atoms with van der Waals surface area (Å²) in [5.74, 6) is 0.185. The van der Waals surface area contributed by atoms with Crippen LogP contribution in [-0.4, -0.2) is 46.9 Å². The second kappa shape index (κ2) is 9.61. The smallest absolute Gasteiger partial charge is 0.209 e. The molecule has 196 valence electrons. The van der Waals surface area contributed by atoms with Gasteiger partial charge in [-0.15, -0.1) is 0 Å². The molecule has 0 saturated heterocycles. The molecule has 0 radical (unpaired) electrons. The van der Waals surface area contributed by atoms with E-state index < -0.39 is 15.8 Å². The normalized spacial score (nSPS) is 11.9. The molecule has 9 nitrogen and oxygen atoms in total. The number of sulfonamides is 1. The summed E-state index contributed by atoms with van der Waals surface area (Å²) in [7, 11) is -1.82. The molecule has 2 aromatic carbocycles. The van der Waals surface area contributed by atoms with Crippen molar-refractivity contribution in [3.8, 4) is 39.5 Å². The minimum absolute atomic E-state index is 0.00593. The van der Waals surface area contributed by atoms with E-state index in [1.807, 2.05) is 42.5 Å². The number of nitrogens with zero attached hydrogens (tertiary/aromatic N) is 3. The lowest BCUT2D eigenvalue weighted by atomic mass is 9.99. The fourth-order valence-electron chi connectivity index (χ4n) is 4.57. The van der Waals surface area contributed by atoms with E-state index in [1.54, 1.807) is 25.6 Å². The molecule has 39 heavy (non-hydrogen) atoms. The third-order valence-corrected chi connectivity index (χ3v) is 7.05. The van der Waals surface area contributed by atoms with Gasteiger partial charge >= 0.3 is 0 Å². The quantitative estimate of drug-likeness (QED) is 0.260. The number of methoxy groups -OCH3 is 1. The van der Waals surface area contributed by atoms with E-state index >= 15 is 0 Å². The summed E-state index contributed by atoms with van der Waals surface area (Å²) in [6.45, 7) is -0.00593. The Balaban J connectivity index is 1.42. The van der Waals surface area contributed by atoms with Gasteiger partial charge in [-0.25, -0.2) is 22.5 Å². The number of fused-ring (bicyclic) bond motifs is 2. The van der Waals surface area contributed by atoms with Gasteiger partial charge in [-0.3, -0.25) is 10.1 Å². The van der Waals surface area contributed by atoms with E-state index in [4.69, 9.17) is 9.72 Å². The molecular weight excluding hydrogens is 519 g/mol. The van der Waals surface area contributed by atoms with Crippen molar-refractivity contribution in [2.45, 2.75) is 6.54 Å². The van der Waals surface area contributed by atoms with Gasteiger partial charge in [0.05, 0.1) is 36.5 Å². The first-order chi connectivity index (χ1) is 18.8. The molecule has 4 heterocycles. The van der Waals surface area contributed by atoms with Gasteiger partial charge in [0, 0.05) is 29.2 Å². The number of aromatic amines is 2. The van der Waals surface area contributed by atoms with Crippen LogP contribution in [0.3, 0.4) is 0 Å². The Kier molecular flexibility index (Phi) is 6.09. The summed E-state index contributed by atoms with van der Waals surface area (Å²) in [5.41, 5.74) is 7.17. The number of benzene rings is 2. The van der Waals surface area contributed by atoms with Gasteiger partial charge in [-0.2, -0.15) is 5.10 Å². The highest BCUT2D eigenvalue weighted by atomic mass is 32.2. The zero-order chi connectivity index (χ0) is 27.1. The molecule has 0 aliphatic carbocycles. The molecule has 0 amide bonds. The molecule has 6 rings (SSSR count). The van der Waals surface area contributed by atoms with E-state index in [0.717, 1.165) is 45.2 Å². The topological polar surface area (TPSA) is 126 Å². The maximum absolute atomic E-state index is 14.5. The molecule has 0 bridgehead atoms. The number of ether oxygens (including phenoxy) is 1. The lowest BCUT2D eigenvalue weighted by molar-refractivity contribution is 0.413. The van der Waals surface area contributed by atoms with Crippen molar-refractivity contribution in [3.63, 3.8) is 0 Å². The number of rotatable bonds is 7. The van der Waals surface area contributed by atoms with E-state index in [9.17, 15) is 12.8 Å². The lowest BCUT2D eigenvalue weighted by Gasteiger charge is -2.08. The second-order valence-electron chi connectivity index (χ2n) is 9.17. The van der Waals surface area contributed by atoms with E-state index in [1.165, 1.54) is 12.1 Å². The molecule has 0 atom stereocenters. The predicted molar refractivity (Wildman–Crippen MR) is 148 cm³/mol. The first-order valence-corrected chi connectivity index (χ1v) is 13.9. The maximum Gasteiger partial charge on any atom is 0.209 e. The Morgan fingerprint density at radius 1 is 1.00 bits per heavy atom. The van der Waals surface area contributed by atoms with Gasteiger partial charge in [-0.1, -0.05) is 12.1 Å². The minimum atomic E-state index is -3.41. The minimum Gasteiger partial charge on any atom is -0.495 e. The Morgan fingerprint density at radius 2 is 1.87 bits per heavy atom. The van der Waals surface area contributed by atoms with Gasteiger partial charge in [0.1, 0.15) is 22.8 Å². The average Bonchev–Trinajstić information content (AvgIpc) is 3.55. The van der Waals surface area contributed by atoms with Crippen LogP contribution in [0, 0.1) is 5.82 Å². The van der Waals surface area contributed by atoms with Crippen LogP contribution in [0.5, 0.6) is 5.75 Å². The highest BCUT2D eigenvalue weighted by Crippen LogP contribution is 2.35. The molecule has 4 aromatic heterocycles. The van der Waals surface area contributed by atoms with Crippen molar-refractivity contribution < 1.29 is 17.5 Å². The molecule has 11 heteroatoms. The van der Waals surface area contributed by atoms with E-state index in [2.05, 4.69) is 24.9 Å². The van der Waals surface area contributed by atoms with Crippen LogP contribution in [0.25, 0.3) is 55.7 Å². The summed E-state index contributed by atoms with van der Waals surface area (Å²) in [6, 6.07) is 17.9. The summed E-state index contributed by atoms with van der Waals surface area (Å²) < 4.78 is 45.3. The molecule has 0 unspecified atom stereocenters. The Labute approximate surface area is 223 Å². The first-order valence-electron chi connectivity index (χ1n) is 12.0. The number of hydrogen-bond donors (Lipinski definition) is 3. The van der Waals surface area contributed by atoms with Gasteiger partial charge < -0.3 is 9.72 Å². The summed E-state index contributed by atoms with van der Waals surface area (Å²) >= 11 is 0. The number of aromatic nitrogens is 5. The molecule has 0 spiro atoms. The average molecular weight is 543 g/mol. The van der Waals surface area contributed by atoms with Crippen molar-refractivity contribution in [2.24, 2.45) is 0 Å². The molecule has 0 aliphatic rings. The zero-order valence-electron chi connectivity index (χ0n) is 21.0. The zero-order valence-corrected chi connectivity index (χ0v) is 21.8. The third-order valence-electron chi connectivity index (χ3n) is 6.38. The van der Waals surface area contributed by atoms with Crippen molar-refractivity contribution in [1.29, 1.82) is 0 Å². The Hall–Kier alpha value is -4.61. The van der Waals surface area contributed by atoms with Crippen molar-refractivity contribution >= 4 is 32.0 Å². The lowest BCUT2D eigenvalue weighted by Crippen LogP contribution is -2.21. The molecule has 0 aliphatic heterocycles. The monoisotopic (exact) mass is 542 g/mol.